The zero-order chi connectivity index (χ0) is 13.4. The van der Waals surface area contributed by atoms with E-state index in [1.54, 1.807) is 7.11 Å². The summed E-state index contributed by atoms with van der Waals surface area (Å²) < 4.78 is 7.35. The number of rotatable bonds is 2. The van der Waals surface area contributed by atoms with Crippen LogP contribution in [0.5, 0.6) is 5.75 Å². The van der Waals surface area contributed by atoms with Gasteiger partial charge in [0.05, 0.1) is 18.5 Å². The second kappa shape index (κ2) is 4.48. The maximum atomic E-state index is 5.41. The lowest BCUT2D eigenvalue weighted by Crippen LogP contribution is -2.00. The molecule has 1 aromatic carbocycles. The van der Waals surface area contributed by atoms with Gasteiger partial charge >= 0.3 is 0 Å². The van der Waals surface area contributed by atoms with E-state index in [1.165, 1.54) is 22.3 Å². The highest BCUT2D eigenvalue weighted by Gasteiger charge is 2.15. The smallest absolute Gasteiger partial charge is 0.122 e. The van der Waals surface area contributed by atoms with Gasteiger partial charge in [-0.2, -0.15) is 5.10 Å². The Morgan fingerprint density at radius 2 is 1.72 bits per heavy atom. The van der Waals surface area contributed by atoms with E-state index in [1.807, 2.05) is 18.7 Å². The fourth-order valence-electron chi connectivity index (χ4n) is 2.50. The Bertz CT molecular complexity index is 597. The largest absolute Gasteiger partial charge is 0.496 e. The van der Waals surface area contributed by atoms with E-state index in [9.17, 15) is 0 Å². The predicted octanol–water partition coefficient (Wildman–Crippen LogP) is 3.33. The maximum Gasteiger partial charge on any atom is 0.122 e. The molecule has 0 aliphatic rings. The molecule has 0 bridgehead atoms. The molecule has 18 heavy (non-hydrogen) atoms. The van der Waals surface area contributed by atoms with E-state index in [4.69, 9.17) is 4.74 Å². The van der Waals surface area contributed by atoms with E-state index in [-0.39, 0.29) is 0 Å². The van der Waals surface area contributed by atoms with Gasteiger partial charge in [0.2, 0.25) is 0 Å². The molecule has 0 aliphatic carbocycles. The highest BCUT2D eigenvalue weighted by molar-refractivity contribution is 5.71. The molecule has 2 rings (SSSR count). The van der Waals surface area contributed by atoms with Crippen LogP contribution in [0.15, 0.2) is 12.1 Å². The van der Waals surface area contributed by atoms with Crippen LogP contribution in [-0.2, 0) is 7.05 Å². The highest BCUT2D eigenvalue weighted by atomic mass is 16.5. The average Bonchev–Trinajstić information content (AvgIpc) is 2.63. The van der Waals surface area contributed by atoms with Crippen LogP contribution in [0.3, 0.4) is 0 Å². The van der Waals surface area contributed by atoms with Gasteiger partial charge in [-0.25, -0.2) is 0 Å². The summed E-state index contributed by atoms with van der Waals surface area (Å²) in [5.41, 5.74) is 7.13. The molecule has 2 aromatic rings. The first-order chi connectivity index (χ1) is 8.45. The molecule has 3 nitrogen and oxygen atoms in total. The summed E-state index contributed by atoms with van der Waals surface area (Å²) in [5, 5.41) is 4.43. The molecule has 0 atom stereocenters. The monoisotopic (exact) mass is 244 g/mol. The number of aryl methyl sites for hydroxylation is 3. The van der Waals surface area contributed by atoms with E-state index < -0.39 is 0 Å². The van der Waals surface area contributed by atoms with Crippen molar-refractivity contribution in [2.24, 2.45) is 7.05 Å². The van der Waals surface area contributed by atoms with E-state index >= 15 is 0 Å². The highest BCUT2D eigenvalue weighted by Crippen LogP contribution is 2.34. The fraction of sp³-hybridized carbons (Fsp3) is 0.400. The molecule has 0 spiro atoms. The molecule has 96 valence electrons. The molecule has 1 heterocycles. The normalized spacial score (nSPS) is 10.8. The number of nitrogens with zero attached hydrogens (tertiary/aromatic N) is 2. The quantitative estimate of drug-likeness (QED) is 0.810. The van der Waals surface area contributed by atoms with Crippen molar-refractivity contribution in [1.29, 1.82) is 0 Å². The maximum absolute atomic E-state index is 5.41. The van der Waals surface area contributed by atoms with Crippen molar-refractivity contribution in [2.45, 2.75) is 27.7 Å². The van der Waals surface area contributed by atoms with Crippen LogP contribution in [0.25, 0.3) is 11.3 Å². The van der Waals surface area contributed by atoms with Crippen molar-refractivity contribution in [3.8, 4) is 17.0 Å². The molecule has 0 radical (unpaired) electrons. The zero-order valence-corrected chi connectivity index (χ0v) is 12.0. The number of aromatic nitrogens is 2. The minimum Gasteiger partial charge on any atom is -0.496 e. The summed E-state index contributed by atoms with van der Waals surface area (Å²) in [7, 11) is 3.70. The van der Waals surface area contributed by atoms with Crippen molar-refractivity contribution in [1.82, 2.24) is 9.78 Å². The van der Waals surface area contributed by atoms with Gasteiger partial charge in [-0.1, -0.05) is 0 Å². The van der Waals surface area contributed by atoms with Crippen molar-refractivity contribution >= 4 is 0 Å². The van der Waals surface area contributed by atoms with E-state index in [2.05, 4.69) is 38.0 Å². The third-order valence-electron chi connectivity index (χ3n) is 3.53. The van der Waals surface area contributed by atoms with Crippen molar-refractivity contribution in [3.63, 3.8) is 0 Å². The molecule has 0 saturated carbocycles. The predicted molar refractivity (Wildman–Crippen MR) is 74.1 cm³/mol. The van der Waals surface area contributed by atoms with Crippen molar-refractivity contribution in [2.75, 3.05) is 7.11 Å². The Hall–Kier alpha value is -1.77. The van der Waals surface area contributed by atoms with Crippen molar-refractivity contribution < 1.29 is 4.74 Å². The number of methoxy groups -OCH3 is 1. The molecular formula is C15H20N2O. The van der Waals surface area contributed by atoms with Crippen molar-refractivity contribution in [3.05, 3.63) is 34.5 Å². The molecule has 0 saturated heterocycles. The molecule has 3 heteroatoms. The first-order valence-corrected chi connectivity index (χ1v) is 6.11. The van der Waals surface area contributed by atoms with E-state index in [0.717, 1.165) is 17.1 Å². The summed E-state index contributed by atoms with van der Waals surface area (Å²) in [6.45, 7) is 8.38. The standard InChI is InChI=1S/C15H20N2O/c1-9-7-14(18-6)11(3)12(4)15(9)13-8-10(2)16-17(13)5/h7-8H,1-6H3. The van der Waals surface area contributed by atoms with Crippen LogP contribution in [0.4, 0.5) is 0 Å². The topological polar surface area (TPSA) is 27.1 Å². The van der Waals surface area contributed by atoms with Crippen LogP contribution >= 0.6 is 0 Å². The molecule has 0 fully saturated rings. The summed E-state index contributed by atoms with van der Waals surface area (Å²) in [6.07, 6.45) is 0. The zero-order valence-electron chi connectivity index (χ0n) is 12.0. The number of benzene rings is 1. The number of hydrogen-bond donors (Lipinski definition) is 0. The van der Waals surface area contributed by atoms with Gasteiger partial charge in [0.25, 0.3) is 0 Å². The van der Waals surface area contributed by atoms with Gasteiger partial charge in [0.1, 0.15) is 5.75 Å². The summed E-state index contributed by atoms with van der Waals surface area (Å²) in [6, 6.07) is 4.22. The van der Waals surface area contributed by atoms with Crippen LogP contribution in [0.1, 0.15) is 22.4 Å². The van der Waals surface area contributed by atoms with Gasteiger partial charge in [0.15, 0.2) is 0 Å². The Morgan fingerprint density at radius 3 is 2.22 bits per heavy atom. The minimum atomic E-state index is 0.952. The number of ether oxygens (including phenoxy) is 1. The molecule has 0 amide bonds. The Kier molecular flexibility index (Phi) is 3.16. The summed E-state index contributed by atoms with van der Waals surface area (Å²) >= 11 is 0. The summed E-state index contributed by atoms with van der Waals surface area (Å²) in [5.74, 6) is 0.952. The van der Waals surface area contributed by atoms with Gasteiger partial charge in [-0.05, 0) is 56.5 Å². The Labute approximate surface area is 108 Å². The Balaban J connectivity index is 2.72. The first kappa shape index (κ1) is 12.7. The molecule has 1 aromatic heterocycles. The first-order valence-electron chi connectivity index (χ1n) is 6.11. The van der Waals surface area contributed by atoms with Gasteiger partial charge < -0.3 is 4.74 Å². The van der Waals surface area contributed by atoms with Crippen LogP contribution in [-0.4, -0.2) is 16.9 Å². The third kappa shape index (κ3) is 1.90. The van der Waals surface area contributed by atoms with Gasteiger partial charge in [0, 0.05) is 12.6 Å². The third-order valence-corrected chi connectivity index (χ3v) is 3.53. The van der Waals surface area contributed by atoms with Crippen LogP contribution in [0, 0.1) is 27.7 Å². The second-order valence-corrected chi connectivity index (χ2v) is 4.82. The second-order valence-electron chi connectivity index (χ2n) is 4.82. The van der Waals surface area contributed by atoms with E-state index in [0.29, 0.717) is 0 Å². The fourth-order valence-corrected chi connectivity index (χ4v) is 2.50. The molecule has 0 N–H and O–H groups in total. The SMILES string of the molecule is COc1cc(C)c(-c2cc(C)nn2C)c(C)c1C. The van der Waals surface area contributed by atoms with Crippen LogP contribution in [0.2, 0.25) is 0 Å². The lowest BCUT2D eigenvalue weighted by atomic mass is 9.95. The molecular weight excluding hydrogens is 224 g/mol. The molecule has 0 unspecified atom stereocenters. The lowest BCUT2D eigenvalue weighted by Gasteiger charge is -2.16. The minimum absolute atomic E-state index is 0.952. The molecule has 0 aliphatic heterocycles. The average molecular weight is 244 g/mol. The van der Waals surface area contributed by atoms with Gasteiger partial charge in [-0.3, -0.25) is 4.68 Å². The van der Waals surface area contributed by atoms with Crippen LogP contribution < -0.4 is 4.74 Å². The summed E-state index contributed by atoms with van der Waals surface area (Å²) in [4.78, 5) is 0. The van der Waals surface area contributed by atoms with Gasteiger partial charge in [-0.15, -0.1) is 0 Å². The Morgan fingerprint density at radius 1 is 1.06 bits per heavy atom. The lowest BCUT2D eigenvalue weighted by molar-refractivity contribution is 0.411. The number of hydrogen-bond acceptors (Lipinski definition) is 2.